The Hall–Kier alpha value is -2.55. The van der Waals surface area contributed by atoms with Gasteiger partial charge in [-0.2, -0.15) is 0 Å². The molecule has 2 aromatic carbocycles. The van der Waals surface area contributed by atoms with Gasteiger partial charge in [0.15, 0.2) is 0 Å². The molecule has 1 heterocycles. The monoisotopic (exact) mass is 319 g/mol. The van der Waals surface area contributed by atoms with Gasteiger partial charge in [0.05, 0.1) is 11.6 Å². The predicted molar refractivity (Wildman–Crippen MR) is 95.6 cm³/mol. The summed E-state index contributed by atoms with van der Waals surface area (Å²) in [4.78, 5) is 11.6. The number of benzene rings is 2. The van der Waals surface area contributed by atoms with Crippen LogP contribution in [-0.2, 0) is 6.42 Å². The van der Waals surface area contributed by atoms with Gasteiger partial charge in [0.1, 0.15) is 0 Å². The summed E-state index contributed by atoms with van der Waals surface area (Å²) < 4.78 is 0. The molecule has 2 aliphatic rings. The number of rotatable bonds is 3. The van der Waals surface area contributed by atoms with E-state index in [1.54, 1.807) is 12.1 Å². The van der Waals surface area contributed by atoms with Crippen LogP contribution in [0.3, 0.4) is 0 Å². The summed E-state index contributed by atoms with van der Waals surface area (Å²) in [6.07, 6.45) is 6.53. The number of hydrogen-bond acceptors (Lipinski definition) is 2. The Morgan fingerprint density at radius 1 is 1.21 bits per heavy atom. The quantitative estimate of drug-likeness (QED) is 0.801. The van der Waals surface area contributed by atoms with Crippen molar-refractivity contribution in [3.63, 3.8) is 0 Å². The van der Waals surface area contributed by atoms with E-state index in [9.17, 15) is 9.90 Å². The first kappa shape index (κ1) is 15.0. The van der Waals surface area contributed by atoms with Gasteiger partial charge in [-0.15, -0.1) is 0 Å². The number of fused-ring (bicyclic) bond motifs is 3. The fourth-order valence-corrected chi connectivity index (χ4v) is 4.13. The second-order valence-electron chi connectivity index (χ2n) is 6.64. The van der Waals surface area contributed by atoms with Crippen molar-refractivity contribution in [3.05, 3.63) is 76.9 Å². The number of aromatic carboxylic acids is 1. The van der Waals surface area contributed by atoms with E-state index in [4.69, 9.17) is 0 Å². The van der Waals surface area contributed by atoms with Crippen molar-refractivity contribution in [1.29, 1.82) is 0 Å². The first-order chi connectivity index (χ1) is 11.7. The molecule has 3 atom stereocenters. The minimum absolute atomic E-state index is 0.0253. The molecule has 1 aliphatic carbocycles. The standard InChI is InChI=1S/C21H21NO2/c1-2-13-10-11-19-18(12-13)14-8-5-9-15(14)20(22-19)16-6-3-4-7-17(16)21(23)24/h3-8,10-12,14-15,20,22H,2,9H2,1H3,(H,23,24)/t14-,15+,20-/m1/s1. The van der Waals surface area contributed by atoms with Gasteiger partial charge < -0.3 is 10.4 Å². The van der Waals surface area contributed by atoms with Gasteiger partial charge in [-0.05, 0) is 47.6 Å². The Labute approximate surface area is 142 Å². The number of nitrogens with one attached hydrogen (secondary N) is 1. The molecule has 2 aromatic rings. The van der Waals surface area contributed by atoms with Crippen LogP contribution in [0.2, 0.25) is 0 Å². The predicted octanol–water partition coefficient (Wildman–Crippen LogP) is 4.77. The highest BCUT2D eigenvalue weighted by molar-refractivity contribution is 5.89. The first-order valence-corrected chi connectivity index (χ1v) is 8.57. The summed E-state index contributed by atoms with van der Waals surface area (Å²) in [6.45, 7) is 2.17. The molecule has 4 rings (SSSR count). The van der Waals surface area contributed by atoms with Crippen molar-refractivity contribution >= 4 is 11.7 Å². The third-order valence-corrected chi connectivity index (χ3v) is 5.36. The zero-order chi connectivity index (χ0) is 16.7. The average molecular weight is 319 g/mol. The lowest BCUT2D eigenvalue weighted by atomic mass is 9.75. The summed E-state index contributed by atoms with van der Waals surface area (Å²) in [5.41, 5.74) is 5.10. The van der Waals surface area contributed by atoms with Crippen LogP contribution in [-0.4, -0.2) is 11.1 Å². The van der Waals surface area contributed by atoms with E-state index in [-0.39, 0.29) is 6.04 Å². The van der Waals surface area contributed by atoms with Crippen molar-refractivity contribution in [2.75, 3.05) is 5.32 Å². The highest BCUT2D eigenvalue weighted by Gasteiger charge is 2.39. The molecule has 2 N–H and O–H groups in total. The van der Waals surface area contributed by atoms with Crippen molar-refractivity contribution in [2.45, 2.75) is 31.7 Å². The number of carboxylic acids is 1. The fraction of sp³-hybridized carbons (Fsp3) is 0.286. The van der Waals surface area contributed by atoms with Gasteiger partial charge in [0, 0.05) is 11.6 Å². The lowest BCUT2D eigenvalue weighted by molar-refractivity contribution is 0.0694. The Bertz CT molecular complexity index is 824. The zero-order valence-corrected chi connectivity index (χ0v) is 13.7. The molecule has 0 fully saturated rings. The number of anilines is 1. The van der Waals surface area contributed by atoms with Crippen molar-refractivity contribution in [2.24, 2.45) is 5.92 Å². The molecule has 0 aromatic heterocycles. The van der Waals surface area contributed by atoms with Crippen LogP contribution in [0.25, 0.3) is 0 Å². The molecule has 0 radical (unpaired) electrons. The maximum absolute atomic E-state index is 11.6. The first-order valence-electron chi connectivity index (χ1n) is 8.57. The molecule has 0 bridgehead atoms. The van der Waals surface area contributed by atoms with E-state index in [2.05, 4.69) is 42.6 Å². The summed E-state index contributed by atoms with van der Waals surface area (Å²) in [7, 11) is 0. The smallest absolute Gasteiger partial charge is 0.336 e. The van der Waals surface area contributed by atoms with Crippen LogP contribution < -0.4 is 5.32 Å². The van der Waals surface area contributed by atoms with E-state index >= 15 is 0 Å². The number of allylic oxidation sites excluding steroid dienone is 2. The van der Waals surface area contributed by atoms with Gasteiger partial charge >= 0.3 is 5.97 Å². The van der Waals surface area contributed by atoms with E-state index in [0.29, 0.717) is 17.4 Å². The lowest BCUT2D eigenvalue weighted by Gasteiger charge is -2.38. The summed E-state index contributed by atoms with van der Waals surface area (Å²) in [5, 5.41) is 13.2. The summed E-state index contributed by atoms with van der Waals surface area (Å²) in [6, 6.07) is 14.0. The molecule has 1 aliphatic heterocycles. The van der Waals surface area contributed by atoms with E-state index in [1.807, 2.05) is 12.1 Å². The van der Waals surface area contributed by atoms with E-state index in [1.165, 1.54) is 11.1 Å². The van der Waals surface area contributed by atoms with Gasteiger partial charge in [-0.25, -0.2) is 4.79 Å². The largest absolute Gasteiger partial charge is 0.478 e. The third kappa shape index (κ3) is 2.32. The highest BCUT2D eigenvalue weighted by atomic mass is 16.4. The zero-order valence-electron chi connectivity index (χ0n) is 13.7. The van der Waals surface area contributed by atoms with E-state index in [0.717, 1.165) is 24.1 Å². The van der Waals surface area contributed by atoms with Crippen LogP contribution in [0.1, 0.15) is 52.4 Å². The lowest BCUT2D eigenvalue weighted by Crippen LogP contribution is -2.30. The number of hydrogen-bond donors (Lipinski definition) is 2. The Morgan fingerprint density at radius 3 is 2.83 bits per heavy atom. The summed E-state index contributed by atoms with van der Waals surface area (Å²) >= 11 is 0. The van der Waals surface area contributed by atoms with Crippen molar-refractivity contribution in [1.82, 2.24) is 0 Å². The average Bonchev–Trinajstić information content (AvgIpc) is 3.10. The van der Waals surface area contributed by atoms with Crippen LogP contribution in [0.15, 0.2) is 54.6 Å². The molecule has 0 saturated carbocycles. The number of aryl methyl sites for hydroxylation is 1. The minimum atomic E-state index is -0.859. The van der Waals surface area contributed by atoms with Crippen LogP contribution in [0.4, 0.5) is 5.69 Å². The second-order valence-corrected chi connectivity index (χ2v) is 6.64. The van der Waals surface area contributed by atoms with Crippen molar-refractivity contribution in [3.8, 4) is 0 Å². The highest BCUT2D eigenvalue weighted by Crippen LogP contribution is 2.50. The van der Waals surface area contributed by atoms with Crippen molar-refractivity contribution < 1.29 is 9.90 Å². The maximum Gasteiger partial charge on any atom is 0.336 e. The fourth-order valence-electron chi connectivity index (χ4n) is 4.13. The second kappa shape index (κ2) is 5.82. The number of carbonyl (C=O) groups is 1. The summed E-state index contributed by atoms with van der Waals surface area (Å²) in [5.74, 6) is -0.133. The molecular formula is C21H21NO2. The van der Waals surface area contributed by atoms with Gasteiger partial charge in [0.2, 0.25) is 0 Å². The molecular weight excluding hydrogens is 298 g/mol. The SMILES string of the molecule is CCc1ccc2c(c1)[C@@H]1C=CC[C@@H]1[C@H](c1ccccc1C(=O)O)N2. The van der Waals surface area contributed by atoms with Crippen LogP contribution in [0, 0.1) is 5.92 Å². The maximum atomic E-state index is 11.6. The van der Waals surface area contributed by atoms with Crippen LogP contribution in [0.5, 0.6) is 0 Å². The minimum Gasteiger partial charge on any atom is -0.478 e. The van der Waals surface area contributed by atoms with E-state index < -0.39 is 5.97 Å². The molecule has 3 nitrogen and oxygen atoms in total. The van der Waals surface area contributed by atoms with Gasteiger partial charge in [-0.3, -0.25) is 0 Å². The molecule has 24 heavy (non-hydrogen) atoms. The Kier molecular flexibility index (Phi) is 3.64. The molecule has 3 heteroatoms. The molecule has 0 amide bonds. The van der Waals surface area contributed by atoms with Gasteiger partial charge in [0.25, 0.3) is 0 Å². The molecule has 0 spiro atoms. The third-order valence-electron chi connectivity index (χ3n) is 5.36. The Balaban J connectivity index is 1.81. The normalized spacial score (nSPS) is 24.1. The van der Waals surface area contributed by atoms with Gasteiger partial charge in [-0.1, -0.05) is 49.4 Å². The molecule has 122 valence electrons. The number of carboxylic acid groups (broad SMARTS) is 1. The van der Waals surface area contributed by atoms with Crippen LogP contribution >= 0.6 is 0 Å². The Morgan fingerprint density at radius 2 is 2.04 bits per heavy atom. The topological polar surface area (TPSA) is 49.3 Å². The molecule has 0 saturated heterocycles. The molecule has 0 unspecified atom stereocenters.